The summed E-state index contributed by atoms with van der Waals surface area (Å²) in [6, 6.07) is 8.15. The molecule has 0 bridgehead atoms. The predicted molar refractivity (Wildman–Crippen MR) is 82.0 cm³/mol. The van der Waals surface area contributed by atoms with E-state index in [0.717, 1.165) is 16.1 Å². The first-order valence-corrected chi connectivity index (χ1v) is 7.71. The second-order valence-corrected chi connectivity index (χ2v) is 6.33. The third-order valence-electron chi connectivity index (χ3n) is 2.41. The van der Waals surface area contributed by atoms with Crippen molar-refractivity contribution in [1.29, 1.82) is 0 Å². The van der Waals surface area contributed by atoms with E-state index >= 15 is 0 Å². The van der Waals surface area contributed by atoms with E-state index in [0.29, 0.717) is 11.7 Å². The number of hydrogen-bond acceptors (Lipinski definition) is 5. The Balaban J connectivity index is 2.08. The highest BCUT2D eigenvalue weighted by Crippen LogP contribution is 2.23. The molecule has 0 saturated carbocycles. The predicted octanol–water partition coefficient (Wildman–Crippen LogP) is 3.63. The molecule has 0 saturated heterocycles. The van der Waals surface area contributed by atoms with Crippen LogP contribution in [-0.4, -0.2) is 15.0 Å². The quantitative estimate of drug-likeness (QED) is 0.862. The minimum Gasteiger partial charge on any atom is -0.368 e. The molecule has 0 fully saturated rings. The minimum absolute atomic E-state index is 0.252. The third kappa shape index (κ3) is 4.18. The molecule has 2 aromatic rings. The average molecular weight is 339 g/mol. The largest absolute Gasteiger partial charge is 0.368 e. The molecule has 1 aromatic carbocycles. The number of rotatable bonds is 4. The number of nitrogens with two attached hydrogens (primary N) is 1. The lowest BCUT2D eigenvalue weighted by Gasteiger charge is -2.07. The number of halogens is 1. The highest BCUT2D eigenvalue weighted by Gasteiger charge is 2.08. The van der Waals surface area contributed by atoms with Crippen molar-refractivity contribution in [2.75, 3.05) is 5.73 Å². The van der Waals surface area contributed by atoms with Crippen LogP contribution >= 0.6 is 27.7 Å². The molecular formula is C13H15BrN4S. The van der Waals surface area contributed by atoms with E-state index in [4.69, 9.17) is 5.73 Å². The fourth-order valence-electron chi connectivity index (χ4n) is 1.46. The molecule has 19 heavy (non-hydrogen) atoms. The third-order valence-corrected chi connectivity index (χ3v) is 3.95. The Kier molecular flexibility index (Phi) is 4.76. The lowest BCUT2D eigenvalue weighted by Crippen LogP contribution is -2.07. The van der Waals surface area contributed by atoms with E-state index in [2.05, 4.69) is 43.0 Å². The van der Waals surface area contributed by atoms with Crippen LogP contribution in [0.3, 0.4) is 0 Å². The van der Waals surface area contributed by atoms with Crippen molar-refractivity contribution in [2.45, 2.75) is 30.4 Å². The molecule has 2 N–H and O–H groups in total. The van der Waals surface area contributed by atoms with Gasteiger partial charge in [-0.25, -0.2) is 4.98 Å². The Hall–Kier alpha value is -1.14. The molecule has 0 atom stereocenters. The molecule has 1 aromatic heterocycles. The number of benzene rings is 1. The van der Waals surface area contributed by atoms with E-state index in [-0.39, 0.29) is 5.92 Å². The summed E-state index contributed by atoms with van der Waals surface area (Å²) in [4.78, 5) is 13.9. The normalized spacial score (nSPS) is 10.9. The Morgan fingerprint density at radius 2 is 1.84 bits per heavy atom. The lowest BCUT2D eigenvalue weighted by molar-refractivity contribution is 0.749. The fourth-order valence-corrected chi connectivity index (χ4v) is 2.48. The first-order chi connectivity index (χ1) is 9.04. The molecule has 1 heterocycles. The molecule has 2 rings (SSSR count). The van der Waals surface area contributed by atoms with E-state index < -0.39 is 0 Å². The molecule has 6 heteroatoms. The zero-order valence-electron chi connectivity index (χ0n) is 10.8. The van der Waals surface area contributed by atoms with Crippen LogP contribution in [0.15, 0.2) is 33.6 Å². The molecule has 0 aliphatic rings. The Morgan fingerprint density at radius 3 is 2.47 bits per heavy atom. The summed E-state index contributed by atoms with van der Waals surface area (Å²) in [6.07, 6.45) is 0. The Morgan fingerprint density at radius 1 is 1.16 bits per heavy atom. The maximum atomic E-state index is 5.71. The minimum atomic E-state index is 0.252. The number of aromatic nitrogens is 3. The standard InChI is InChI=1S/C13H15BrN4S/c1-8(2)12-16-11(17-13(15)18-12)7-19-10-5-3-9(14)4-6-10/h3-6,8H,7H2,1-2H3,(H2,15,16,17,18). The molecule has 0 amide bonds. The molecule has 0 radical (unpaired) electrons. The summed E-state index contributed by atoms with van der Waals surface area (Å²) < 4.78 is 1.07. The maximum absolute atomic E-state index is 5.71. The van der Waals surface area contributed by atoms with E-state index in [1.807, 2.05) is 26.0 Å². The van der Waals surface area contributed by atoms with Gasteiger partial charge < -0.3 is 5.73 Å². The van der Waals surface area contributed by atoms with Crippen molar-refractivity contribution in [3.63, 3.8) is 0 Å². The van der Waals surface area contributed by atoms with Gasteiger partial charge in [0.2, 0.25) is 5.95 Å². The van der Waals surface area contributed by atoms with E-state index in [9.17, 15) is 0 Å². The van der Waals surface area contributed by atoms with Crippen molar-refractivity contribution in [3.05, 3.63) is 40.4 Å². The Bertz CT molecular complexity index is 557. The van der Waals surface area contributed by atoms with Gasteiger partial charge in [-0.1, -0.05) is 29.8 Å². The van der Waals surface area contributed by atoms with Gasteiger partial charge >= 0.3 is 0 Å². The van der Waals surface area contributed by atoms with Crippen LogP contribution in [0, 0.1) is 0 Å². The maximum Gasteiger partial charge on any atom is 0.223 e. The number of anilines is 1. The van der Waals surface area contributed by atoms with Crippen molar-refractivity contribution < 1.29 is 0 Å². The second-order valence-electron chi connectivity index (χ2n) is 4.37. The number of nitrogens with zero attached hydrogens (tertiary/aromatic N) is 3. The van der Waals surface area contributed by atoms with E-state index in [1.165, 1.54) is 4.90 Å². The molecule has 0 aliphatic carbocycles. The summed E-state index contributed by atoms with van der Waals surface area (Å²) in [7, 11) is 0. The van der Waals surface area contributed by atoms with Crippen LogP contribution in [0.4, 0.5) is 5.95 Å². The van der Waals surface area contributed by atoms with Crippen LogP contribution in [0.25, 0.3) is 0 Å². The molecule has 0 aliphatic heterocycles. The SMILES string of the molecule is CC(C)c1nc(N)nc(CSc2ccc(Br)cc2)n1. The van der Waals surface area contributed by atoms with Gasteiger partial charge in [0.25, 0.3) is 0 Å². The van der Waals surface area contributed by atoms with Gasteiger partial charge in [-0.3, -0.25) is 0 Å². The lowest BCUT2D eigenvalue weighted by atomic mass is 10.2. The molecule has 0 spiro atoms. The van der Waals surface area contributed by atoms with Crippen molar-refractivity contribution in [2.24, 2.45) is 0 Å². The molecular weight excluding hydrogens is 324 g/mol. The van der Waals surface area contributed by atoms with Gasteiger partial charge in [-0.15, -0.1) is 11.8 Å². The zero-order chi connectivity index (χ0) is 13.8. The zero-order valence-corrected chi connectivity index (χ0v) is 13.2. The number of thioether (sulfide) groups is 1. The summed E-state index contributed by atoms with van der Waals surface area (Å²) in [5.41, 5.74) is 5.71. The van der Waals surface area contributed by atoms with Crippen LogP contribution in [0.2, 0.25) is 0 Å². The smallest absolute Gasteiger partial charge is 0.223 e. The van der Waals surface area contributed by atoms with Gasteiger partial charge in [-0.05, 0) is 24.3 Å². The van der Waals surface area contributed by atoms with Crippen LogP contribution < -0.4 is 5.73 Å². The summed E-state index contributed by atoms with van der Waals surface area (Å²) in [5, 5.41) is 0. The molecule has 100 valence electrons. The summed E-state index contributed by atoms with van der Waals surface area (Å²) in [6.45, 7) is 4.08. The van der Waals surface area contributed by atoms with Gasteiger partial charge in [-0.2, -0.15) is 9.97 Å². The van der Waals surface area contributed by atoms with Gasteiger partial charge in [0, 0.05) is 15.3 Å². The van der Waals surface area contributed by atoms with Gasteiger partial charge in [0.1, 0.15) is 11.6 Å². The van der Waals surface area contributed by atoms with Crippen LogP contribution in [0.5, 0.6) is 0 Å². The Labute approximate surface area is 125 Å². The number of hydrogen-bond donors (Lipinski definition) is 1. The highest BCUT2D eigenvalue weighted by atomic mass is 79.9. The van der Waals surface area contributed by atoms with Crippen molar-refractivity contribution in [3.8, 4) is 0 Å². The molecule has 0 unspecified atom stereocenters. The number of nitrogen functional groups attached to an aromatic ring is 1. The van der Waals surface area contributed by atoms with E-state index in [1.54, 1.807) is 11.8 Å². The average Bonchev–Trinajstić information content (AvgIpc) is 2.37. The summed E-state index contributed by atoms with van der Waals surface area (Å²) >= 11 is 5.10. The topological polar surface area (TPSA) is 64.7 Å². The van der Waals surface area contributed by atoms with Gasteiger partial charge in [0.15, 0.2) is 0 Å². The highest BCUT2D eigenvalue weighted by molar-refractivity contribution is 9.10. The monoisotopic (exact) mass is 338 g/mol. The molecule has 4 nitrogen and oxygen atoms in total. The summed E-state index contributed by atoms with van der Waals surface area (Å²) in [5.74, 6) is 2.71. The van der Waals surface area contributed by atoms with Crippen LogP contribution in [-0.2, 0) is 5.75 Å². The fraction of sp³-hybridized carbons (Fsp3) is 0.308. The van der Waals surface area contributed by atoms with Gasteiger partial charge in [0.05, 0.1) is 5.75 Å². The van der Waals surface area contributed by atoms with Crippen molar-refractivity contribution >= 4 is 33.6 Å². The van der Waals surface area contributed by atoms with Crippen molar-refractivity contribution in [1.82, 2.24) is 15.0 Å². The van der Waals surface area contributed by atoms with Crippen LogP contribution in [0.1, 0.15) is 31.4 Å². The first-order valence-electron chi connectivity index (χ1n) is 5.93. The first kappa shape index (κ1) is 14.3. The second kappa shape index (κ2) is 6.34.